The zero-order valence-electron chi connectivity index (χ0n) is 12.6. The van der Waals surface area contributed by atoms with Crippen LogP contribution in [0.2, 0.25) is 0 Å². The number of rotatable bonds is 5. The predicted octanol–water partition coefficient (Wildman–Crippen LogP) is 2.24. The van der Waals surface area contributed by atoms with Gasteiger partial charge in [-0.3, -0.25) is 9.58 Å². The normalized spacial score (nSPS) is 19.8. The van der Waals surface area contributed by atoms with E-state index in [-0.39, 0.29) is 0 Å². The summed E-state index contributed by atoms with van der Waals surface area (Å²) in [5.74, 6) is 0.926. The van der Waals surface area contributed by atoms with Gasteiger partial charge in [0.15, 0.2) is 0 Å². The highest BCUT2D eigenvalue weighted by atomic mass is 15.3. The molecule has 1 saturated heterocycles. The molecule has 1 aliphatic heterocycles. The van der Waals surface area contributed by atoms with Crippen LogP contribution in [0.4, 0.5) is 0 Å². The van der Waals surface area contributed by atoms with E-state index in [1.54, 1.807) is 0 Å². The first-order chi connectivity index (χ1) is 9.15. The molecular weight excluding hydrogens is 236 g/mol. The molecule has 0 aliphatic carbocycles. The van der Waals surface area contributed by atoms with Crippen LogP contribution >= 0.6 is 0 Å². The largest absolute Gasteiger partial charge is 0.329 e. The van der Waals surface area contributed by atoms with E-state index in [1.165, 1.54) is 44.3 Å². The summed E-state index contributed by atoms with van der Waals surface area (Å²) in [4.78, 5) is 2.55. The summed E-state index contributed by atoms with van der Waals surface area (Å²) in [6.07, 6.45) is 7.47. The SMILES string of the molecule is CCCC1CCN(C(CN)c2cn(C)nc2C)CC1. The van der Waals surface area contributed by atoms with Gasteiger partial charge in [0.1, 0.15) is 0 Å². The lowest BCUT2D eigenvalue weighted by Crippen LogP contribution is -2.40. The van der Waals surface area contributed by atoms with Gasteiger partial charge in [-0.15, -0.1) is 0 Å². The van der Waals surface area contributed by atoms with E-state index in [4.69, 9.17) is 5.73 Å². The fraction of sp³-hybridized carbons (Fsp3) is 0.800. The molecule has 1 atom stereocenters. The molecule has 0 amide bonds. The molecule has 1 aromatic heterocycles. The van der Waals surface area contributed by atoms with Crippen molar-refractivity contribution in [1.82, 2.24) is 14.7 Å². The molecule has 2 N–H and O–H groups in total. The van der Waals surface area contributed by atoms with Gasteiger partial charge < -0.3 is 5.73 Å². The van der Waals surface area contributed by atoms with E-state index in [2.05, 4.69) is 30.0 Å². The third-order valence-corrected chi connectivity index (χ3v) is 4.42. The minimum atomic E-state index is 0.344. The quantitative estimate of drug-likeness (QED) is 0.887. The average Bonchev–Trinajstić information content (AvgIpc) is 2.72. The van der Waals surface area contributed by atoms with Crippen molar-refractivity contribution >= 4 is 0 Å². The Hall–Kier alpha value is -0.870. The van der Waals surface area contributed by atoms with Crippen LogP contribution in [0.3, 0.4) is 0 Å². The van der Waals surface area contributed by atoms with Gasteiger partial charge in [0.05, 0.1) is 11.7 Å². The van der Waals surface area contributed by atoms with Crippen LogP contribution < -0.4 is 5.73 Å². The van der Waals surface area contributed by atoms with Crippen LogP contribution in [-0.4, -0.2) is 34.3 Å². The van der Waals surface area contributed by atoms with Gasteiger partial charge >= 0.3 is 0 Å². The second-order valence-electron chi connectivity index (χ2n) is 5.86. The lowest BCUT2D eigenvalue weighted by atomic mass is 9.91. The van der Waals surface area contributed by atoms with Crippen molar-refractivity contribution in [2.75, 3.05) is 19.6 Å². The Morgan fingerprint density at radius 1 is 1.42 bits per heavy atom. The number of nitrogens with zero attached hydrogens (tertiary/aromatic N) is 3. The molecule has 0 bridgehead atoms. The van der Waals surface area contributed by atoms with E-state index >= 15 is 0 Å². The van der Waals surface area contributed by atoms with Crippen molar-refractivity contribution in [2.24, 2.45) is 18.7 Å². The third kappa shape index (κ3) is 3.37. The van der Waals surface area contributed by atoms with E-state index in [0.717, 1.165) is 11.6 Å². The van der Waals surface area contributed by atoms with Crippen molar-refractivity contribution in [3.63, 3.8) is 0 Å². The number of piperidine rings is 1. The minimum absolute atomic E-state index is 0.344. The lowest BCUT2D eigenvalue weighted by Gasteiger charge is -2.37. The summed E-state index contributed by atoms with van der Waals surface area (Å²) in [5.41, 5.74) is 8.45. The minimum Gasteiger partial charge on any atom is -0.329 e. The molecule has 1 aromatic rings. The molecule has 1 fully saturated rings. The van der Waals surface area contributed by atoms with Crippen LogP contribution in [0.15, 0.2) is 6.20 Å². The molecule has 0 spiro atoms. The maximum Gasteiger partial charge on any atom is 0.0641 e. The maximum absolute atomic E-state index is 6.03. The molecule has 0 radical (unpaired) electrons. The second-order valence-corrected chi connectivity index (χ2v) is 5.86. The molecule has 19 heavy (non-hydrogen) atoms. The topological polar surface area (TPSA) is 47.1 Å². The predicted molar refractivity (Wildman–Crippen MR) is 78.9 cm³/mol. The number of hydrogen-bond acceptors (Lipinski definition) is 3. The molecule has 2 heterocycles. The molecule has 0 saturated carbocycles. The van der Waals surface area contributed by atoms with Crippen LogP contribution in [0.1, 0.15) is 49.9 Å². The Balaban J connectivity index is 2.01. The van der Waals surface area contributed by atoms with Gasteiger partial charge in [0.25, 0.3) is 0 Å². The summed E-state index contributed by atoms with van der Waals surface area (Å²) in [7, 11) is 1.98. The fourth-order valence-corrected chi connectivity index (χ4v) is 3.38. The Labute approximate surface area is 117 Å². The highest BCUT2D eigenvalue weighted by Crippen LogP contribution is 2.29. The number of aryl methyl sites for hydroxylation is 2. The van der Waals surface area contributed by atoms with Gasteiger partial charge in [-0.2, -0.15) is 5.10 Å². The van der Waals surface area contributed by atoms with E-state index < -0.39 is 0 Å². The maximum atomic E-state index is 6.03. The molecular formula is C15H28N4. The van der Waals surface area contributed by atoms with E-state index in [1.807, 2.05) is 11.7 Å². The first-order valence-corrected chi connectivity index (χ1v) is 7.60. The molecule has 1 aliphatic rings. The molecule has 108 valence electrons. The average molecular weight is 264 g/mol. The van der Waals surface area contributed by atoms with Crippen molar-refractivity contribution < 1.29 is 0 Å². The number of hydrogen-bond donors (Lipinski definition) is 1. The summed E-state index contributed by atoms with van der Waals surface area (Å²) < 4.78 is 1.90. The monoisotopic (exact) mass is 264 g/mol. The van der Waals surface area contributed by atoms with Crippen LogP contribution in [0.25, 0.3) is 0 Å². The first-order valence-electron chi connectivity index (χ1n) is 7.60. The van der Waals surface area contributed by atoms with Gasteiger partial charge in [-0.1, -0.05) is 19.8 Å². The smallest absolute Gasteiger partial charge is 0.0641 e. The van der Waals surface area contributed by atoms with Gasteiger partial charge in [0, 0.05) is 25.4 Å². The van der Waals surface area contributed by atoms with E-state index in [0.29, 0.717) is 12.6 Å². The highest BCUT2D eigenvalue weighted by molar-refractivity contribution is 5.20. The summed E-state index contributed by atoms with van der Waals surface area (Å²) >= 11 is 0. The zero-order chi connectivity index (χ0) is 13.8. The van der Waals surface area contributed by atoms with Crippen molar-refractivity contribution in [2.45, 2.75) is 45.6 Å². The first kappa shape index (κ1) is 14.5. The van der Waals surface area contributed by atoms with Gasteiger partial charge in [-0.25, -0.2) is 0 Å². The Morgan fingerprint density at radius 2 is 2.11 bits per heavy atom. The molecule has 1 unspecified atom stereocenters. The second kappa shape index (κ2) is 6.53. The van der Waals surface area contributed by atoms with Crippen molar-refractivity contribution in [3.05, 3.63) is 17.5 Å². The molecule has 2 rings (SSSR count). The Bertz CT molecular complexity index is 391. The van der Waals surface area contributed by atoms with E-state index in [9.17, 15) is 0 Å². The number of likely N-dealkylation sites (tertiary alicyclic amines) is 1. The van der Waals surface area contributed by atoms with Gasteiger partial charge in [0.2, 0.25) is 0 Å². The zero-order valence-corrected chi connectivity index (χ0v) is 12.6. The van der Waals surface area contributed by atoms with Crippen LogP contribution in [-0.2, 0) is 7.05 Å². The molecule has 4 heteroatoms. The summed E-state index contributed by atoms with van der Waals surface area (Å²) in [5, 5.41) is 4.45. The fourth-order valence-electron chi connectivity index (χ4n) is 3.38. The molecule has 0 aromatic carbocycles. The lowest BCUT2D eigenvalue weighted by molar-refractivity contribution is 0.131. The number of nitrogens with two attached hydrogens (primary N) is 1. The number of aromatic nitrogens is 2. The third-order valence-electron chi connectivity index (χ3n) is 4.42. The Morgan fingerprint density at radius 3 is 2.58 bits per heavy atom. The summed E-state index contributed by atoms with van der Waals surface area (Å²) in [6.45, 7) is 7.42. The molecule has 4 nitrogen and oxygen atoms in total. The van der Waals surface area contributed by atoms with Gasteiger partial charge in [-0.05, 0) is 38.8 Å². The van der Waals surface area contributed by atoms with Crippen molar-refractivity contribution in [3.8, 4) is 0 Å². The van der Waals surface area contributed by atoms with Crippen LogP contribution in [0, 0.1) is 12.8 Å². The summed E-state index contributed by atoms with van der Waals surface area (Å²) in [6, 6.07) is 0.344. The highest BCUT2D eigenvalue weighted by Gasteiger charge is 2.26. The van der Waals surface area contributed by atoms with Crippen molar-refractivity contribution in [1.29, 1.82) is 0 Å². The van der Waals surface area contributed by atoms with Crippen LogP contribution in [0.5, 0.6) is 0 Å². The Kier molecular flexibility index (Phi) is 4.99. The standard InChI is InChI=1S/C15H28N4/c1-4-5-13-6-8-19(9-7-13)15(10-16)14-11-18(3)17-12(14)2/h11,13,15H,4-10,16H2,1-3H3.